The minimum atomic E-state index is 0.577. The maximum Gasteiger partial charge on any atom is 0.191 e. The summed E-state index contributed by atoms with van der Waals surface area (Å²) in [7, 11) is 1.85. The highest BCUT2D eigenvalue weighted by molar-refractivity contribution is 7.99. The van der Waals surface area contributed by atoms with E-state index < -0.39 is 0 Å². The molecule has 0 bridgehead atoms. The molecule has 0 aromatic heterocycles. The second-order valence-corrected chi connectivity index (χ2v) is 6.88. The van der Waals surface area contributed by atoms with Crippen LogP contribution in [0.5, 0.6) is 0 Å². The van der Waals surface area contributed by atoms with Gasteiger partial charge in [0.05, 0.1) is 0 Å². The fraction of sp³-hybridized carbons (Fsp3) is 0.588. The molecule has 2 rings (SSSR count). The molecule has 21 heavy (non-hydrogen) atoms. The molecule has 1 saturated carbocycles. The molecule has 1 aliphatic carbocycles. The molecule has 4 heteroatoms. The first-order chi connectivity index (χ1) is 10.2. The lowest BCUT2D eigenvalue weighted by molar-refractivity contribution is 0.614. The van der Waals surface area contributed by atoms with Crippen molar-refractivity contribution in [2.75, 3.05) is 19.8 Å². The molecule has 0 radical (unpaired) electrons. The molecule has 1 fully saturated rings. The van der Waals surface area contributed by atoms with E-state index in [0.717, 1.165) is 24.2 Å². The van der Waals surface area contributed by atoms with Gasteiger partial charge in [0.1, 0.15) is 0 Å². The number of guanidine groups is 1. The first kappa shape index (κ1) is 16.2. The van der Waals surface area contributed by atoms with Crippen molar-refractivity contribution in [3.63, 3.8) is 0 Å². The van der Waals surface area contributed by atoms with Crippen molar-refractivity contribution in [2.45, 2.75) is 43.9 Å². The van der Waals surface area contributed by atoms with Gasteiger partial charge in [-0.1, -0.05) is 29.8 Å². The van der Waals surface area contributed by atoms with Crippen molar-refractivity contribution in [1.29, 1.82) is 0 Å². The molecule has 0 heterocycles. The predicted molar refractivity (Wildman–Crippen MR) is 94.3 cm³/mol. The smallest absolute Gasteiger partial charge is 0.191 e. The second kappa shape index (κ2) is 8.32. The van der Waals surface area contributed by atoms with E-state index in [2.05, 4.69) is 53.1 Å². The highest BCUT2D eigenvalue weighted by Crippen LogP contribution is 2.27. The van der Waals surface area contributed by atoms with E-state index in [4.69, 9.17) is 0 Å². The lowest BCUT2D eigenvalue weighted by Crippen LogP contribution is -2.43. The Labute approximate surface area is 133 Å². The lowest BCUT2D eigenvalue weighted by Gasteiger charge is -2.17. The first-order valence-electron chi connectivity index (χ1n) is 7.76. The van der Waals surface area contributed by atoms with Gasteiger partial charge in [0.2, 0.25) is 0 Å². The van der Waals surface area contributed by atoms with E-state index >= 15 is 0 Å². The molecular weight excluding hydrogens is 278 g/mol. The number of nitrogens with zero attached hydrogens (tertiary/aromatic N) is 1. The van der Waals surface area contributed by atoms with Gasteiger partial charge in [0.15, 0.2) is 5.96 Å². The van der Waals surface area contributed by atoms with E-state index in [1.54, 1.807) is 0 Å². The van der Waals surface area contributed by atoms with Crippen molar-refractivity contribution in [1.82, 2.24) is 10.6 Å². The summed E-state index contributed by atoms with van der Waals surface area (Å²) in [6.45, 7) is 3.04. The molecule has 2 N–H and O–H groups in total. The Hall–Kier alpha value is -1.16. The van der Waals surface area contributed by atoms with Gasteiger partial charge in [-0.25, -0.2) is 0 Å². The zero-order chi connectivity index (χ0) is 15.1. The number of aryl methyl sites for hydroxylation is 1. The van der Waals surface area contributed by atoms with E-state index in [-0.39, 0.29) is 0 Å². The number of nitrogens with one attached hydrogen (secondary N) is 2. The summed E-state index contributed by atoms with van der Waals surface area (Å²) < 4.78 is 0. The van der Waals surface area contributed by atoms with Gasteiger partial charge in [-0.15, -0.1) is 0 Å². The van der Waals surface area contributed by atoms with Crippen LogP contribution in [-0.2, 0) is 6.42 Å². The summed E-state index contributed by atoms with van der Waals surface area (Å²) in [5, 5.41) is 7.79. The van der Waals surface area contributed by atoms with Gasteiger partial charge in [0.25, 0.3) is 0 Å². The number of thioether (sulfide) groups is 1. The Morgan fingerprint density at radius 2 is 2.05 bits per heavy atom. The van der Waals surface area contributed by atoms with Crippen molar-refractivity contribution in [2.24, 2.45) is 4.99 Å². The molecule has 1 aromatic rings. The van der Waals surface area contributed by atoms with Crippen molar-refractivity contribution in [3.05, 3.63) is 35.4 Å². The van der Waals surface area contributed by atoms with Gasteiger partial charge in [0, 0.05) is 24.9 Å². The van der Waals surface area contributed by atoms with Crippen LogP contribution in [0.4, 0.5) is 0 Å². The average molecular weight is 305 g/mol. The Kier molecular flexibility index (Phi) is 6.43. The van der Waals surface area contributed by atoms with Crippen LogP contribution >= 0.6 is 11.8 Å². The maximum atomic E-state index is 4.34. The molecule has 1 aliphatic rings. The largest absolute Gasteiger partial charge is 0.356 e. The van der Waals surface area contributed by atoms with Gasteiger partial charge >= 0.3 is 0 Å². The van der Waals surface area contributed by atoms with Gasteiger partial charge < -0.3 is 10.6 Å². The molecule has 0 amide bonds. The first-order valence-corrected chi connectivity index (χ1v) is 9.05. The fourth-order valence-corrected chi connectivity index (χ4v) is 3.55. The van der Waals surface area contributed by atoms with Crippen LogP contribution in [-0.4, -0.2) is 37.1 Å². The Morgan fingerprint density at radius 3 is 2.67 bits per heavy atom. The van der Waals surface area contributed by atoms with Crippen LogP contribution in [0.3, 0.4) is 0 Å². The van der Waals surface area contributed by atoms with Gasteiger partial charge in [-0.2, -0.15) is 11.8 Å². The maximum absolute atomic E-state index is 4.34. The fourth-order valence-electron chi connectivity index (χ4n) is 2.75. The van der Waals surface area contributed by atoms with Crippen LogP contribution in [0.15, 0.2) is 29.3 Å². The summed E-state index contributed by atoms with van der Waals surface area (Å²) in [5.74, 6) is 0.939. The zero-order valence-electron chi connectivity index (χ0n) is 13.4. The third-order valence-electron chi connectivity index (χ3n) is 4.11. The standard InChI is InChI=1S/C17H27N3S/c1-13-4-6-14(7-5-13)10-11-19-17(18-2)20-15-8-9-16(12-15)21-3/h4-7,15-16H,8-12H2,1-3H3,(H2,18,19,20). The third-order valence-corrected chi connectivity index (χ3v) is 5.20. The lowest BCUT2D eigenvalue weighted by atomic mass is 10.1. The van der Waals surface area contributed by atoms with Crippen molar-refractivity contribution < 1.29 is 0 Å². The highest BCUT2D eigenvalue weighted by atomic mass is 32.2. The molecule has 2 atom stereocenters. The quantitative estimate of drug-likeness (QED) is 0.648. The monoisotopic (exact) mass is 305 g/mol. The van der Waals surface area contributed by atoms with Gasteiger partial charge in [-0.05, 0) is 44.4 Å². The summed E-state index contributed by atoms with van der Waals surface area (Å²) >= 11 is 1.99. The van der Waals surface area contributed by atoms with Gasteiger partial charge in [-0.3, -0.25) is 4.99 Å². The van der Waals surface area contributed by atoms with Crippen LogP contribution in [0.1, 0.15) is 30.4 Å². The molecule has 0 aliphatic heterocycles. The summed E-state index contributed by atoms with van der Waals surface area (Å²) in [5.41, 5.74) is 2.68. The minimum absolute atomic E-state index is 0.577. The van der Waals surface area contributed by atoms with E-state index in [1.807, 2.05) is 18.8 Å². The molecule has 116 valence electrons. The molecule has 2 unspecified atom stereocenters. The number of rotatable bonds is 5. The molecule has 0 saturated heterocycles. The summed E-state index contributed by atoms with van der Waals surface area (Å²) in [6, 6.07) is 9.32. The van der Waals surface area contributed by atoms with Crippen LogP contribution in [0.25, 0.3) is 0 Å². The SMILES string of the molecule is CN=C(NCCc1ccc(C)cc1)NC1CCC(SC)C1. The van der Waals surface area contributed by atoms with Crippen molar-refractivity contribution in [3.8, 4) is 0 Å². The molecular formula is C17H27N3S. The Bertz CT molecular complexity index is 456. The third kappa shape index (κ3) is 5.27. The van der Waals surface area contributed by atoms with Crippen LogP contribution in [0.2, 0.25) is 0 Å². The normalized spacial score (nSPS) is 22.3. The molecule has 0 spiro atoms. The van der Waals surface area contributed by atoms with Crippen LogP contribution in [0, 0.1) is 6.92 Å². The number of hydrogen-bond donors (Lipinski definition) is 2. The predicted octanol–water partition coefficient (Wildman–Crippen LogP) is 2.99. The zero-order valence-corrected chi connectivity index (χ0v) is 14.2. The van der Waals surface area contributed by atoms with E-state index in [9.17, 15) is 0 Å². The Morgan fingerprint density at radius 1 is 1.29 bits per heavy atom. The number of benzene rings is 1. The topological polar surface area (TPSA) is 36.4 Å². The summed E-state index contributed by atoms with van der Waals surface area (Å²) in [6.07, 6.45) is 7.06. The molecule has 1 aromatic carbocycles. The van der Waals surface area contributed by atoms with E-state index in [1.165, 1.54) is 30.4 Å². The average Bonchev–Trinajstić information content (AvgIpc) is 2.96. The van der Waals surface area contributed by atoms with E-state index in [0.29, 0.717) is 6.04 Å². The highest BCUT2D eigenvalue weighted by Gasteiger charge is 2.24. The number of aliphatic imine (C=N–C) groups is 1. The molecule has 3 nitrogen and oxygen atoms in total. The Balaban J connectivity index is 1.72. The number of hydrogen-bond acceptors (Lipinski definition) is 2. The van der Waals surface area contributed by atoms with Crippen molar-refractivity contribution >= 4 is 17.7 Å². The summed E-state index contributed by atoms with van der Waals surface area (Å²) in [4.78, 5) is 4.34. The second-order valence-electron chi connectivity index (χ2n) is 5.75. The minimum Gasteiger partial charge on any atom is -0.356 e. The van der Waals surface area contributed by atoms with Crippen LogP contribution < -0.4 is 10.6 Å².